The van der Waals surface area contributed by atoms with Crippen molar-refractivity contribution in [3.05, 3.63) is 87.6 Å². The Balaban J connectivity index is 1.92. The highest BCUT2D eigenvalue weighted by atomic mass is 19.4. The van der Waals surface area contributed by atoms with Gasteiger partial charge in [-0.05, 0) is 55.5 Å². The van der Waals surface area contributed by atoms with Crippen LogP contribution in [0.1, 0.15) is 18.3 Å². The minimum atomic E-state index is -4.94. The fraction of sp³-hybridized carbons (Fsp3) is 0.185. The Kier molecular flexibility index (Phi) is 7.77. The first-order chi connectivity index (χ1) is 19.3. The van der Waals surface area contributed by atoms with Gasteiger partial charge >= 0.3 is 24.3 Å². The SMILES string of the molecule is COC(=O)/C(=C1\C=CC=N1)c1ccc(/C(=c2/cc/c(=C(\C(=O)OC)C3=N/C(=C(\C)C(F)(F)F)C=C3)[nH]2)C(F)(F)F)[nH]1. The number of ether oxygens (including phenoxy) is 2. The second kappa shape index (κ2) is 10.9. The van der Waals surface area contributed by atoms with Crippen LogP contribution < -0.4 is 10.7 Å². The summed E-state index contributed by atoms with van der Waals surface area (Å²) in [5.41, 5.74) is -3.62. The maximum absolute atomic E-state index is 14.4. The highest BCUT2D eigenvalue weighted by Crippen LogP contribution is 2.33. The third-order valence-electron chi connectivity index (χ3n) is 6.03. The van der Waals surface area contributed by atoms with Crippen LogP contribution in [0.2, 0.25) is 0 Å². The van der Waals surface area contributed by atoms with Gasteiger partial charge in [0, 0.05) is 6.21 Å². The van der Waals surface area contributed by atoms with Gasteiger partial charge in [-0.3, -0.25) is 4.99 Å². The number of hydrogen-bond acceptors (Lipinski definition) is 6. The van der Waals surface area contributed by atoms with Gasteiger partial charge in [-0.2, -0.15) is 26.3 Å². The molecule has 2 aliphatic rings. The number of methoxy groups -OCH3 is 2. The molecule has 2 N–H and O–H groups in total. The Morgan fingerprint density at radius 1 is 0.756 bits per heavy atom. The zero-order chi connectivity index (χ0) is 30.1. The molecule has 0 spiro atoms. The van der Waals surface area contributed by atoms with E-state index in [0.29, 0.717) is 0 Å². The van der Waals surface area contributed by atoms with Crippen LogP contribution in [0.25, 0.3) is 16.7 Å². The molecule has 0 aromatic carbocycles. The minimum Gasteiger partial charge on any atom is -0.465 e. The molecule has 2 aromatic rings. The Labute approximate surface area is 227 Å². The van der Waals surface area contributed by atoms with Gasteiger partial charge in [-0.15, -0.1) is 0 Å². The first kappa shape index (κ1) is 29.1. The van der Waals surface area contributed by atoms with Gasteiger partial charge in [-0.25, -0.2) is 14.6 Å². The van der Waals surface area contributed by atoms with Crippen LogP contribution in [0.3, 0.4) is 0 Å². The largest absolute Gasteiger partial charge is 0.465 e. The number of esters is 2. The number of carbonyl (C=O) groups excluding carboxylic acids is 2. The van der Waals surface area contributed by atoms with Crippen molar-refractivity contribution in [2.45, 2.75) is 19.3 Å². The van der Waals surface area contributed by atoms with Crippen LogP contribution >= 0.6 is 0 Å². The maximum Gasteiger partial charge on any atom is 0.420 e. The number of alkyl halides is 6. The lowest BCUT2D eigenvalue weighted by molar-refractivity contribution is -0.134. The zero-order valence-electron chi connectivity index (χ0n) is 21.5. The van der Waals surface area contributed by atoms with Crippen molar-refractivity contribution in [1.82, 2.24) is 9.97 Å². The minimum absolute atomic E-state index is 0.00527. The highest BCUT2D eigenvalue weighted by molar-refractivity contribution is 6.44. The molecular weight excluding hydrogens is 558 g/mol. The summed E-state index contributed by atoms with van der Waals surface area (Å²) < 4.78 is 91.9. The number of aliphatic imine (C=N–C) groups is 2. The number of aromatic amines is 2. The maximum atomic E-state index is 14.4. The van der Waals surface area contributed by atoms with Gasteiger partial charge in [0.05, 0.1) is 59.0 Å². The van der Waals surface area contributed by atoms with Crippen LogP contribution in [0.5, 0.6) is 0 Å². The summed E-state index contributed by atoms with van der Waals surface area (Å²) in [6.45, 7) is 0.808. The molecule has 14 heteroatoms. The number of nitrogens with one attached hydrogen (secondary N) is 2. The van der Waals surface area contributed by atoms with Crippen molar-refractivity contribution in [3.8, 4) is 0 Å². The molecule has 0 atom stereocenters. The Hall–Kier alpha value is -4.88. The molecule has 2 aromatic heterocycles. The molecular formula is C27H20F6N4O4. The third-order valence-corrected chi connectivity index (χ3v) is 6.03. The van der Waals surface area contributed by atoms with E-state index < -0.39 is 52.2 Å². The summed E-state index contributed by atoms with van der Waals surface area (Å²) in [5.74, 6) is -1.87. The summed E-state index contributed by atoms with van der Waals surface area (Å²) >= 11 is 0. The lowest BCUT2D eigenvalue weighted by atomic mass is 10.1. The number of allylic oxidation sites excluding steroid dienone is 5. The zero-order valence-corrected chi connectivity index (χ0v) is 21.5. The molecule has 8 nitrogen and oxygen atoms in total. The average molecular weight is 578 g/mol. The Morgan fingerprint density at radius 3 is 1.98 bits per heavy atom. The topological polar surface area (TPSA) is 109 Å². The standard InChI is InChI=1S/C27H20F6N4O4/c1-13(26(28,29)30)14-6-7-17(35-14)22(25(39)41-3)18-9-11-20(37-18)23(27(31,32)33)19-10-8-16(36-19)21(24(38)40-2)15-5-4-12-34-15/h4-12,36-37H,1-3H3/b14-13+,21-15+,22-18+,23-20+. The molecule has 0 saturated heterocycles. The van der Waals surface area contributed by atoms with E-state index in [1.54, 1.807) is 0 Å². The Morgan fingerprint density at radius 2 is 1.39 bits per heavy atom. The van der Waals surface area contributed by atoms with Crippen LogP contribution in [-0.2, 0) is 19.1 Å². The predicted octanol–water partition coefficient (Wildman–Crippen LogP) is 3.80. The molecule has 214 valence electrons. The van der Waals surface area contributed by atoms with E-state index >= 15 is 0 Å². The van der Waals surface area contributed by atoms with E-state index in [-0.39, 0.29) is 33.6 Å². The quantitative estimate of drug-likeness (QED) is 0.320. The van der Waals surface area contributed by atoms with Crippen LogP contribution in [0.4, 0.5) is 26.3 Å². The number of H-pyrrole nitrogens is 2. The van der Waals surface area contributed by atoms with E-state index in [1.807, 2.05) is 0 Å². The number of halogens is 6. The van der Waals surface area contributed by atoms with E-state index in [0.717, 1.165) is 51.5 Å². The van der Waals surface area contributed by atoms with Gasteiger partial charge in [0.15, 0.2) is 0 Å². The van der Waals surface area contributed by atoms with Crippen molar-refractivity contribution in [1.29, 1.82) is 0 Å². The van der Waals surface area contributed by atoms with Crippen LogP contribution in [0.15, 0.2) is 75.5 Å². The lowest BCUT2D eigenvalue weighted by Crippen LogP contribution is -2.27. The molecule has 0 unspecified atom stereocenters. The van der Waals surface area contributed by atoms with Gasteiger partial charge in [0.1, 0.15) is 16.7 Å². The monoisotopic (exact) mass is 578 g/mol. The molecule has 0 amide bonds. The third kappa shape index (κ3) is 5.85. The molecule has 0 aliphatic carbocycles. The molecule has 4 heterocycles. The Bertz CT molecular complexity index is 1710. The average Bonchev–Trinajstić information content (AvgIpc) is 3.71. The van der Waals surface area contributed by atoms with Crippen molar-refractivity contribution >= 4 is 40.6 Å². The fourth-order valence-electron chi connectivity index (χ4n) is 4.04. The lowest BCUT2D eigenvalue weighted by Gasteiger charge is -2.10. The smallest absolute Gasteiger partial charge is 0.420 e. The summed E-state index contributed by atoms with van der Waals surface area (Å²) in [6.07, 6.45) is -3.03. The van der Waals surface area contributed by atoms with Crippen molar-refractivity contribution < 1.29 is 45.4 Å². The van der Waals surface area contributed by atoms with E-state index in [1.165, 1.54) is 24.4 Å². The summed E-state index contributed by atoms with van der Waals surface area (Å²) in [7, 11) is 2.12. The summed E-state index contributed by atoms with van der Waals surface area (Å²) in [5, 5.41) is -0.671. The van der Waals surface area contributed by atoms with Crippen molar-refractivity contribution in [2.75, 3.05) is 14.2 Å². The molecule has 0 saturated carbocycles. The first-order valence-electron chi connectivity index (χ1n) is 11.6. The number of rotatable bonds is 5. The molecule has 2 aliphatic heterocycles. The normalized spacial score (nSPS) is 18.8. The second-order valence-corrected chi connectivity index (χ2v) is 8.54. The second-order valence-electron chi connectivity index (χ2n) is 8.54. The van der Waals surface area contributed by atoms with Gasteiger partial charge in [0.2, 0.25) is 0 Å². The number of carbonyl (C=O) groups is 2. The van der Waals surface area contributed by atoms with E-state index in [4.69, 9.17) is 9.47 Å². The number of hydrogen-bond donors (Lipinski definition) is 2. The molecule has 0 fully saturated rings. The number of nitrogens with zero attached hydrogens (tertiary/aromatic N) is 2. The van der Waals surface area contributed by atoms with Gasteiger partial charge in [0.25, 0.3) is 0 Å². The molecule has 0 radical (unpaired) electrons. The summed E-state index contributed by atoms with van der Waals surface area (Å²) in [4.78, 5) is 37.9. The van der Waals surface area contributed by atoms with Crippen LogP contribution in [0, 0.1) is 0 Å². The van der Waals surface area contributed by atoms with Crippen molar-refractivity contribution in [3.63, 3.8) is 0 Å². The van der Waals surface area contributed by atoms with E-state index in [9.17, 15) is 35.9 Å². The summed E-state index contributed by atoms with van der Waals surface area (Å²) in [6, 6.07) is 4.55. The molecule has 41 heavy (non-hydrogen) atoms. The fourth-order valence-corrected chi connectivity index (χ4v) is 4.04. The van der Waals surface area contributed by atoms with Gasteiger partial charge in [-0.1, -0.05) is 0 Å². The van der Waals surface area contributed by atoms with Crippen LogP contribution in [-0.4, -0.2) is 60.4 Å². The number of aromatic nitrogens is 2. The predicted molar refractivity (Wildman–Crippen MR) is 137 cm³/mol. The van der Waals surface area contributed by atoms with Gasteiger partial charge < -0.3 is 19.4 Å². The molecule has 0 bridgehead atoms. The van der Waals surface area contributed by atoms with E-state index in [2.05, 4.69) is 20.0 Å². The highest BCUT2D eigenvalue weighted by Gasteiger charge is 2.37. The molecule has 4 rings (SSSR count). The first-order valence-corrected chi connectivity index (χ1v) is 11.6. The van der Waals surface area contributed by atoms with Crippen molar-refractivity contribution in [2.24, 2.45) is 9.98 Å².